The number of hydrogen-bond donors (Lipinski definition) is 1. The lowest BCUT2D eigenvalue weighted by Crippen LogP contribution is -2.50. The number of aryl methyl sites for hydroxylation is 1. The van der Waals surface area contributed by atoms with Gasteiger partial charge in [-0.2, -0.15) is 0 Å². The van der Waals surface area contributed by atoms with Crippen LogP contribution in [-0.4, -0.2) is 53.1 Å². The van der Waals surface area contributed by atoms with Gasteiger partial charge in [0.15, 0.2) is 0 Å². The minimum Gasteiger partial charge on any atom is -0.357 e. The molecule has 188 valence electrons. The van der Waals surface area contributed by atoms with Crippen LogP contribution in [0.1, 0.15) is 36.0 Å². The van der Waals surface area contributed by atoms with Crippen LogP contribution in [0.4, 0.5) is 0 Å². The minimum absolute atomic E-state index is 0.0274. The fraction of sp³-hybridized carbons (Fsp3) is 0.379. The Labute approximate surface area is 212 Å². The van der Waals surface area contributed by atoms with Gasteiger partial charge in [0, 0.05) is 33.0 Å². The van der Waals surface area contributed by atoms with Crippen LogP contribution in [-0.2, 0) is 32.1 Å². The molecule has 1 saturated heterocycles. The van der Waals surface area contributed by atoms with Crippen LogP contribution in [0.3, 0.4) is 0 Å². The van der Waals surface area contributed by atoms with Crippen molar-refractivity contribution in [3.8, 4) is 0 Å². The summed E-state index contributed by atoms with van der Waals surface area (Å²) >= 11 is 0. The summed E-state index contributed by atoms with van der Waals surface area (Å²) < 4.78 is 0. The number of carbonyl (C=O) groups excluding carboxylic acids is 4. The Hall–Kier alpha value is -3.74. The predicted octanol–water partition coefficient (Wildman–Crippen LogP) is 3.02. The van der Waals surface area contributed by atoms with Crippen molar-refractivity contribution in [2.45, 2.75) is 45.2 Å². The molecule has 2 aromatic rings. The van der Waals surface area contributed by atoms with Gasteiger partial charge in [-0.05, 0) is 36.5 Å². The van der Waals surface area contributed by atoms with Gasteiger partial charge in [0.1, 0.15) is 6.04 Å². The highest BCUT2D eigenvalue weighted by atomic mass is 16.2. The normalized spacial score (nSPS) is 19.7. The largest absolute Gasteiger partial charge is 0.357 e. The first kappa shape index (κ1) is 25.4. The lowest BCUT2D eigenvalue weighted by Gasteiger charge is -2.32. The Bertz CT molecular complexity index is 1130. The van der Waals surface area contributed by atoms with Crippen molar-refractivity contribution in [1.29, 1.82) is 0 Å². The highest BCUT2D eigenvalue weighted by Gasteiger charge is 2.47. The lowest BCUT2D eigenvalue weighted by atomic mass is 9.85. The number of imide groups is 1. The van der Waals surface area contributed by atoms with Gasteiger partial charge in [0.25, 0.3) is 0 Å². The van der Waals surface area contributed by atoms with E-state index in [0.717, 1.165) is 16.7 Å². The molecule has 0 radical (unpaired) electrons. The van der Waals surface area contributed by atoms with Crippen LogP contribution in [0, 0.1) is 18.8 Å². The molecular formula is C29H33N3O4. The maximum Gasteiger partial charge on any atom is 0.242 e. The standard InChI is InChI=1S/C29H33N3O4/c1-20-10-6-7-13-22(20)19-32(25(27(34)30-2)18-21-11-4-3-5-12-21)26(33)16-17-31-28(35)23-14-8-9-15-24(23)29(31)36/h3-13,23-25H,14-19H2,1-2H3,(H,30,34)/t23-,24+,25-/m0/s1. The smallest absolute Gasteiger partial charge is 0.242 e. The predicted molar refractivity (Wildman–Crippen MR) is 136 cm³/mol. The van der Waals surface area contributed by atoms with Crippen LogP contribution >= 0.6 is 0 Å². The summed E-state index contributed by atoms with van der Waals surface area (Å²) in [5.41, 5.74) is 2.90. The molecule has 36 heavy (non-hydrogen) atoms. The Morgan fingerprint density at radius 2 is 1.58 bits per heavy atom. The first-order valence-corrected chi connectivity index (χ1v) is 12.5. The van der Waals surface area contributed by atoms with Gasteiger partial charge in [0.2, 0.25) is 23.6 Å². The molecule has 1 aliphatic heterocycles. The van der Waals surface area contributed by atoms with E-state index in [-0.39, 0.29) is 55.0 Å². The van der Waals surface area contributed by atoms with E-state index in [1.165, 1.54) is 4.90 Å². The van der Waals surface area contributed by atoms with Crippen LogP contribution < -0.4 is 5.32 Å². The molecule has 1 N–H and O–H groups in total. The maximum absolute atomic E-state index is 13.7. The molecule has 1 heterocycles. The fourth-order valence-electron chi connectivity index (χ4n) is 5.13. The molecule has 7 heteroatoms. The number of nitrogens with zero attached hydrogens (tertiary/aromatic N) is 2. The molecule has 0 bridgehead atoms. The van der Waals surface area contributed by atoms with E-state index in [4.69, 9.17) is 0 Å². The van der Waals surface area contributed by atoms with E-state index >= 15 is 0 Å². The van der Waals surface area contributed by atoms with Crippen molar-refractivity contribution in [2.75, 3.05) is 13.6 Å². The number of benzene rings is 2. The zero-order valence-electron chi connectivity index (χ0n) is 20.9. The molecule has 0 aromatic heterocycles. The summed E-state index contributed by atoms with van der Waals surface area (Å²) in [6.45, 7) is 2.26. The lowest BCUT2D eigenvalue weighted by molar-refractivity contribution is -0.144. The molecule has 0 spiro atoms. The average Bonchev–Trinajstić information content (AvgIpc) is 3.15. The number of hydrogen-bond acceptors (Lipinski definition) is 4. The second-order valence-corrected chi connectivity index (χ2v) is 9.50. The Kier molecular flexibility index (Phi) is 7.98. The molecule has 4 amide bonds. The van der Waals surface area contributed by atoms with E-state index < -0.39 is 6.04 Å². The summed E-state index contributed by atoms with van der Waals surface area (Å²) in [6, 6.07) is 16.6. The van der Waals surface area contributed by atoms with Gasteiger partial charge in [0.05, 0.1) is 11.8 Å². The third kappa shape index (κ3) is 5.40. The van der Waals surface area contributed by atoms with Crippen LogP contribution in [0.2, 0.25) is 0 Å². The molecule has 4 rings (SSSR count). The molecule has 2 aromatic carbocycles. The van der Waals surface area contributed by atoms with Crippen molar-refractivity contribution in [1.82, 2.24) is 15.1 Å². The van der Waals surface area contributed by atoms with Crippen molar-refractivity contribution in [3.05, 3.63) is 83.4 Å². The fourth-order valence-corrected chi connectivity index (χ4v) is 5.13. The molecule has 2 aliphatic rings. The van der Waals surface area contributed by atoms with Crippen molar-refractivity contribution in [3.63, 3.8) is 0 Å². The van der Waals surface area contributed by atoms with Crippen LogP contribution in [0.15, 0.2) is 66.7 Å². The van der Waals surface area contributed by atoms with Crippen molar-refractivity contribution in [2.24, 2.45) is 11.8 Å². The van der Waals surface area contributed by atoms with Crippen molar-refractivity contribution >= 4 is 23.6 Å². The Morgan fingerprint density at radius 1 is 0.972 bits per heavy atom. The van der Waals surface area contributed by atoms with Gasteiger partial charge >= 0.3 is 0 Å². The number of carbonyl (C=O) groups is 4. The quantitative estimate of drug-likeness (QED) is 0.435. The molecule has 1 aliphatic carbocycles. The third-order valence-corrected chi connectivity index (χ3v) is 7.27. The van der Waals surface area contributed by atoms with Crippen molar-refractivity contribution < 1.29 is 19.2 Å². The monoisotopic (exact) mass is 487 g/mol. The zero-order chi connectivity index (χ0) is 25.7. The zero-order valence-corrected chi connectivity index (χ0v) is 20.9. The molecule has 3 atom stereocenters. The Balaban J connectivity index is 1.57. The van der Waals surface area contributed by atoms with Gasteiger partial charge in [-0.3, -0.25) is 24.1 Å². The number of amides is 4. The van der Waals surface area contributed by atoms with Crippen LogP contribution in [0.25, 0.3) is 0 Å². The molecular weight excluding hydrogens is 454 g/mol. The van der Waals surface area contributed by atoms with E-state index in [1.54, 1.807) is 11.9 Å². The van der Waals surface area contributed by atoms with Gasteiger partial charge in [-0.25, -0.2) is 0 Å². The number of allylic oxidation sites excluding steroid dienone is 2. The SMILES string of the molecule is CNC(=O)[C@H](Cc1ccccc1)N(Cc1ccccc1C)C(=O)CCN1C(=O)[C@H]2CC=CC[C@H]2C1=O. The molecule has 0 saturated carbocycles. The Morgan fingerprint density at radius 3 is 2.19 bits per heavy atom. The summed E-state index contributed by atoms with van der Waals surface area (Å²) in [7, 11) is 1.56. The number of likely N-dealkylation sites (N-methyl/N-ethyl adjacent to an activating group) is 1. The third-order valence-electron chi connectivity index (χ3n) is 7.27. The summed E-state index contributed by atoms with van der Waals surface area (Å²) in [5, 5.41) is 2.71. The van der Waals surface area contributed by atoms with E-state index in [2.05, 4.69) is 5.32 Å². The summed E-state index contributed by atoms with van der Waals surface area (Å²) in [4.78, 5) is 55.3. The number of likely N-dealkylation sites (tertiary alicyclic amines) is 1. The molecule has 0 unspecified atom stereocenters. The van der Waals surface area contributed by atoms with Gasteiger partial charge < -0.3 is 10.2 Å². The molecule has 7 nitrogen and oxygen atoms in total. The number of fused-ring (bicyclic) bond motifs is 1. The second-order valence-electron chi connectivity index (χ2n) is 9.50. The highest BCUT2D eigenvalue weighted by molar-refractivity contribution is 6.05. The van der Waals surface area contributed by atoms with E-state index in [9.17, 15) is 19.2 Å². The number of rotatable bonds is 9. The average molecular weight is 488 g/mol. The summed E-state index contributed by atoms with van der Waals surface area (Å²) in [6.07, 6.45) is 5.35. The first-order chi connectivity index (χ1) is 17.4. The number of nitrogens with one attached hydrogen (secondary N) is 1. The summed E-state index contributed by atoms with van der Waals surface area (Å²) in [5.74, 6) is -1.56. The van der Waals surface area contributed by atoms with Gasteiger partial charge in [-0.15, -0.1) is 0 Å². The first-order valence-electron chi connectivity index (χ1n) is 12.5. The van der Waals surface area contributed by atoms with Gasteiger partial charge in [-0.1, -0.05) is 66.7 Å². The van der Waals surface area contributed by atoms with E-state index in [1.807, 2.05) is 73.7 Å². The maximum atomic E-state index is 13.7. The highest BCUT2D eigenvalue weighted by Crippen LogP contribution is 2.35. The topological polar surface area (TPSA) is 86.8 Å². The van der Waals surface area contributed by atoms with E-state index in [0.29, 0.717) is 19.3 Å². The minimum atomic E-state index is -0.735. The molecule has 1 fully saturated rings. The second kappa shape index (κ2) is 11.3. The van der Waals surface area contributed by atoms with Crippen LogP contribution in [0.5, 0.6) is 0 Å².